The van der Waals surface area contributed by atoms with Crippen LogP contribution >= 0.6 is 0 Å². The maximum absolute atomic E-state index is 12.6. The zero-order valence-corrected chi connectivity index (χ0v) is 13.3. The molecule has 0 fully saturated rings. The summed E-state index contributed by atoms with van der Waals surface area (Å²) in [4.78, 5) is 14.5. The largest absolute Gasteiger partial charge is 0.336 e. The lowest BCUT2D eigenvalue weighted by atomic mass is 9.95. The molecule has 0 aliphatic carbocycles. The maximum Gasteiger partial charge on any atom is 0.257 e. The lowest BCUT2D eigenvalue weighted by molar-refractivity contribution is 0.0632. The number of hydrogen-bond donors (Lipinski definition) is 0. The van der Waals surface area contributed by atoms with Gasteiger partial charge in [-0.05, 0) is 33.1 Å². The SMILES string of the molecule is CC(C)N(CC(C)(C)C)C(=O)c1cnn(C(C)C)c1. The molecule has 0 aliphatic heterocycles. The minimum Gasteiger partial charge on any atom is -0.336 e. The Balaban J connectivity index is 2.93. The summed E-state index contributed by atoms with van der Waals surface area (Å²) in [5.41, 5.74) is 0.764. The molecule has 0 bridgehead atoms. The van der Waals surface area contributed by atoms with Crippen molar-refractivity contribution in [3.8, 4) is 0 Å². The van der Waals surface area contributed by atoms with Gasteiger partial charge in [0, 0.05) is 24.8 Å². The molecule has 0 unspecified atom stereocenters. The van der Waals surface area contributed by atoms with Crippen LogP contribution in [0.25, 0.3) is 0 Å². The molecule has 19 heavy (non-hydrogen) atoms. The molecular weight excluding hydrogens is 238 g/mol. The van der Waals surface area contributed by atoms with Gasteiger partial charge < -0.3 is 4.90 Å². The topological polar surface area (TPSA) is 38.1 Å². The van der Waals surface area contributed by atoms with E-state index >= 15 is 0 Å². The summed E-state index contributed by atoms with van der Waals surface area (Å²) >= 11 is 0. The number of nitrogens with zero attached hydrogens (tertiary/aromatic N) is 3. The summed E-state index contributed by atoms with van der Waals surface area (Å²) in [5, 5.41) is 4.24. The van der Waals surface area contributed by atoms with Gasteiger partial charge in [0.15, 0.2) is 0 Å². The van der Waals surface area contributed by atoms with Crippen LogP contribution in [-0.4, -0.2) is 33.2 Å². The average molecular weight is 265 g/mol. The standard InChI is InChI=1S/C15H27N3O/c1-11(2)17(10-15(5,6)7)14(19)13-8-16-18(9-13)12(3)4/h8-9,11-12H,10H2,1-7H3. The number of carbonyl (C=O) groups excluding carboxylic acids is 1. The van der Waals surface area contributed by atoms with Crippen molar-refractivity contribution in [1.82, 2.24) is 14.7 Å². The summed E-state index contributed by atoms with van der Waals surface area (Å²) in [6.07, 6.45) is 3.51. The van der Waals surface area contributed by atoms with E-state index in [0.717, 1.165) is 6.54 Å². The molecule has 1 rings (SSSR count). The Kier molecular flexibility index (Phi) is 4.77. The molecule has 108 valence electrons. The minimum absolute atomic E-state index is 0.0665. The maximum atomic E-state index is 12.6. The lowest BCUT2D eigenvalue weighted by Gasteiger charge is -2.32. The molecule has 0 saturated carbocycles. The zero-order valence-electron chi connectivity index (χ0n) is 13.3. The van der Waals surface area contributed by atoms with Gasteiger partial charge in [-0.3, -0.25) is 9.48 Å². The van der Waals surface area contributed by atoms with Crippen molar-refractivity contribution < 1.29 is 4.79 Å². The summed E-state index contributed by atoms with van der Waals surface area (Å²) in [6, 6.07) is 0.464. The molecule has 0 radical (unpaired) electrons. The van der Waals surface area contributed by atoms with Crippen molar-refractivity contribution in [3.63, 3.8) is 0 Å². The molecule has 1 heterocycles. The molecule has 1 aromatic heterocycles. The third-order valence-corrected chi connectivity index (χ3v) is 2.91. The summed E-state index contributed by atoms with van der Waals surface area (Å²) in [5.74, 6) is 0.0665. The van der Waals surface area contributed by atoms with E-state index in [9.17, 15) is 4.79 Å². The number of amides is 1. The molecule has 0 atom stereocenters. The Morgan fingerprint density at radius 2 is 1.89 bits per heavy atom. The predicted octanol–water partition coefficient (Wildman–Crippen LogP) is 3.36. The van der Waals surface area contributed by atoms with Crippen molar-refractivity contribution in [1.29, 1.82) is 0 Å². The number of hydrogen-bond acceptors (Lipinski definition) is 2. The molecular formula is C15H27N3O. The first-order valence-electron chi connectivity index (χ1n) is 6.97. The van der Waals surface area contributed by atoms with E-state index in [0.29, 0.717) is 5.56 Å². The highest BCUT2D eigenvalue weighted by atomic mass is 16.2. The van der Waals surface area contributed by atoms with Gasteiger partial charge in [0.2, 0.25) is 0 Å². The Morgan fingerprint density at radius 3 is 2.26 bits per heavy atom. The van der Waals surface area contributed by atoms with Gasteiger partial charge in [0.1, 0.15) is 0 Å². The van der Waals surface area contributed by atoms with E-state index < -0.39 is 0 Å². The average Bonchev–Trinajstić information content (AvgIpc) is 2.72. The molecule has 4 heteroatoms. The molecule has 1 amide bonds. The first-order valence-corrected chi connectivity index (χ1v) is 6.97. The van der Waals surface area contributed by atoms with Crippen LogP contribution in [0, 0.1) is 5.41 Å². The van der Waals surface area contributed by atoms with Crippen molar-refractivity contribution in [2.45, 2.75) is 60.5 Å². The second-order valence-electron chi connectivity index (χ2n) is 6.89. The second-order valence-corrected chi connectivity index (χ2v) is 6.89. The summed E-state index contributed by atoms with van der Waals surface area (Å²) in [7, 11) is 0. The molecule has 4 nitrogen and oxygen atoms in total. The van der Waals surface area contributed by atoms with Crippen molar-refractivity contribution in [2.75, 3.05) is 6.54 Å². The van der Waals surface area contributed by atoms with Gasteiger partial charge in [0.25, 0.3) is 5.91 Å². The van der Waals surface area contributed by atoms with E-state index in [1.165, 1.54) is 0 Å². The fourth-order valence-corrected chi connectivity index (χ4v) is 1.90. The number of carbonyl (C=O) groups is 1. The Morgan fingerprint density at radius 1 is 1.32 bits per heavy atom. The van der Waals surface area contributed by atoms with E-state index in [4.69, 9.17) is 0 Å². The van der Waals surface area contributed by atoms with Crippen LogP contribution < -0.4 is 0 Å². The van der Waals surface area contributed by atoms with Gasteiger partial charge in [-0.15, -0.1) is 0 Å². The fraction of sp³-hybridized carbons (Fsp3) is 0.733. The smallest absolute Gasteiger partial charge is 0.257 e. The van der Waals surface area contributed by atoms with Crippen LogP contribution in [0.3, 0.4) is 0 Å². The van der Waals surface area contributed by atoms with Crippen LogP contribution in [0.1, 0.15) is 64.9 Å². The van der Waals surface area contributed by atoms with Crippen molar-refractivity contribution >= 4 is 5.91 Å². The van der Waals surface area contributed by atoms with Crippen LogP contribution in [0.5, 0.6) is 0 Å². The molecule has 1 aromatic rings. The van der Waals surface area contributed by atoms with Gasteiger partial charge in [-0.25, -0.2) is 0 Å². The summed E-state index contributed by atoms with van der Waals surface area (Å²) in [6.45, 7) is 15.4. The second kappa shape index (κ2) is 5.76. The van der Waals surface area contributed by atoms with Crippen molar-refractivity contribution in [2.24, 2.45) is 5.41 Å². The third kappa shape index (κ3) is 4.37. The highest BCUT2D eigenvalue weighted by molar-refractivity contribution is 5.94. The Bertz CT molecular complexity index is 427. The van der Waals surface area contributed by atoms with E-state index in [2.05, 4.69) is 53.6 Å². The zero-order chi connectivity index (χ0) is 14.8. The first kappa shape index (κ1) is 15.7. The lowest BCUT2D eigenvalue weighted by Crippen LogP contribution is -2.42. The third-order valence-electron chi connectivity index (χ3n) is 2.91. The number of rotatable bonds is 4. The number of aromatic nitrogens is 2. The molecule has 0 aliphatic rings. The van der Waals surface area contributed by atoms with Gasteiger partial charge in [0.05, 0.1) is 11.8 Å². The quantitative estimate of drug-likeness (QED) is 0.837. The normalized spacial score (nSPS) is 12.3. The highest BCUT2D eigenvalue weighted by Gasteiger charge is 2.25. The molecule has 0 saturated heterocycles. The molecule has 0 N–H and O–H groups in total. The van der Waals surface area contributed by atoms with E-state index in [1.54, 1.807) is 6.20 Å². The monoisotopic (exact) mass is 265 g/mol. The Labute approximate surface area is 116 Å². The van der Waals surface area contributed by atoms with E-state index in [1.807, 2.05) is 15.8 Å². The van der Waals surface area contributed by atoms with Crippen LogP contribution in [0.2, 0.25) is 0 Å². The Hall–Kier alpha value is -1.32. The molecule has 0 spiro atoms. The summed E-state index contributed by atoms with van der Waals surface area (Å²) < 4.78 is 1.82. The van der Waals surface area contributed by atoms with Gasteiger partial charge >= 0.3 is 0 Å². The highest BCUT2D eigenvalue weighted by Crippen LogP contribution is 2.19. The predicted molar refractivity (Wildman–Crippen MR) is 78.2 cm³/mol. The minimum atomic E-state index is 0.0665. The van der Waals surface area contributed by atoms with Crippen LogP contribution in [0.4, 0.5) is 0 Å². The van der Waals surface area contributed by atoms with Crippen LogP contribution in [-0.2, 0) is 0 Å². The van der Waals surface area contributed by atoms with Gasteiger partial charge in [-0.2, -0.15) is 5.10 Å². The molecule has 0 aromatic carbocycles. The fourth-order valence-electron chi connectivity index (χ4n) is 1.90. The van der Waals surface area contributed by atoms with Gasteiger partial charge in [-0.1, -0.05) is 20.8 Å². The first-order chi connectivity index (χ1) is 8.61. The van der Waals surface area contributed by atoms with E-state index in [-0.39, 0.29) is 23.4 Å². The van der Waals surface area contributed by atoms with Crippen LogP contribution in [0.15, 0.2) is 12.4 Å². The van der Waals surface area contributed by atoms with Crippen molar-refractivity contribution in [3.05, 3.63) is 18.0 Å².